The molecule has 0 spiro atoms. The summed E-state index contributed by atoms with van der Waals surface area (Å²) >= 11 is 5.32. The lowest BCUT2D eigenvalue weighted by Crippen LogP contribution is -2.40. The Bertz CT molecular complexity index is 815. The van der Waals surface area contributed by atoms with Gasteiger partial charge < -0.3 is 13.9 Å². The van der Waals surface area contributed by atoms with Crippen molar-refractivity contribution in [2.75, 3.05) is 26.8 Å². The molecule has 0 N–H and O–H groups in total. The van der Waals surface area contributed by atoms with E-state index in [0.29, 0.717) is 37.0 Å². The fourth-order valence-corrected chi connectivity index (χ4v) is 3.45. The van der Waals surface area contributed by atoms with Gasteiger partial charge >= 0.3 is 5.97 Å². The van der Waals surface area contributed by atoms with Gasteiger partial charge in [-0.05, 0) is 56.2 Å². The predicted octanol–water partition coefficient (Wildman–Crippen LogP) is 3.04. The normalized spacial score (nSPS) is 17.6. The number of esters is 1. The zero-order valence-electron chi connectivity index (χ0n) is 15.7. The molecule has 1 aromatic carbocycles. The molecule has 8 heteroatoms. The van der Waals surface area contributed by atoms with Crippen molar-refractivity contribution >= 4 is 18.2 Å². The fraction of sp³-hybridized carbons (Fsp3) is 0.526. The highest BCUT2D eigenvalue weighted by Gasteiger charge is 2.27. The molecule has 2 aromatic rings. The molecule has 0 aliphatic carbocycles. The summed E-state index contributed by atoms with van der Waals surface area (Å²) in [5.74, 6) is 1.18. The quantitative estimate of drug-likeness (QED) is 0.531. The molecule has 0 amide bonds. The highest BCUT2D eigenvalue weighted by molar-refractivity contribution is 7.71. The number of carbonyl (C=O) groups is 1. The van der Waals surface area contributed by atoms with Crippen molar-refractivity contribution in [1.82, 2.24) is 14.7 Å². The number of methoxy groups -OCH3 is 1. The van der Waals surface area contributed by atoms with Crippen LogP contribution in [0.25, 0.3) is 0 Å². The van der Waals surface area contributed by atoms with E-state index in [1.54, 1.807) is 11.8 Å². The third-order valence-corrected chi connectivity index (χ3v) is 4.92. The van der Waals surface area contributed by atoms with Crippen molar-refractivity contribution in [2.45, 2.75) is 32.9 Å². The summed E-state index contributed by atoms with van der Waals surface area (Å²) in [5.41, 5.74) is 1.07. The van der Waals surface area contributed by atoms with E-state index in [9.17, 15) is 4.79 Å². The van der Waals surface area contributed by atoms with E-state index in [1.165, 1.54) is 0 Å². The maximum atomic E-state index is 12.0. The minimum Gasteiger partial charge on any atom is -0.497 e. The van der Waals surface area contributed by atoms with Gasteiger partial charge in [-0.15, -0.1) is 5.10 Å². The van der Waals surface area contributed by atoms with Crippen LogP contribution in [0.1, 0.15) is 31.2 Å². The summed E-state index contributed by atoms with van der Waals surface area (Å²) in [6.45, 7) is 4.32. The van der Waals surface area contributed by atoms with Crippen LogP contribution >= 0.6 is 12.2 Å². The van der Waals surface area contributed by atoms with Crippen molar-refractivity contribution in [2.24, 2.45) is 5.92 Å². The average Bonchev–Trinajstić information content (AvgIpc) is 3.01. The summed E-state index contributed by atoms with van der Waals surface area (Å²) in [6, 6.07) is 7.77. The van der Waals surface area contributed by atoms with Gasteiger partial charge in [-0.2, -0.15) is 0 Å². The number of ether oxygens (including phenoxy) is 2. The monoisotopic (exact) mass is 391 g/mol. The zero-order chi connectivity index (χ0) is 19.2. The number of hydrogen-bond donors (Lipinski definition) is 0. The van der Waals surface area contributed by atoms with Gasteiger partial charge in [0, 0.05) is 6.54 Å². The van der Waals surface area contributed by atoms with Crippen LogP contribution in [0.2, 0.25) is 0 Å². The van der Waals surface area contributed by atoms with Crippen LogP contribution in [0.3, 0.4) is 0 Å². The Labute approximate surface area is 163 Å². The SMILES string of the molecule is CCOC(=O)[C@H]1CCCN(Cn2nc(Cc3ccc(OC)cc3)oc2=S)C1. The highest BCUT2D eigenvalue weighted by Crippen LogP contribution is 2.19. The second-order valence-corrected chi connectivity index (χ2v) is 6.94. The Kier molecular flexibility index (Phi) is 6.63. The average molecular weight is 391 g/mol. The van der Waals surface area contributed by atoms with E-state index in [1.807, 2.05) is 31.2 Å². The van der Waals surface area contributed by atoms with Crippen molar-refractivity contribution in [3.05, 3.63) is 40.6 Å². The molecule has 7 nitrogen and oxygen atoms in total. The number of likely N-dealkylation sites (tertiary alicyclic amines) is 1. The second-order valence-electron chi connectivity index (χ2n) is 6.60. The van der Waals surface area contributed by atoms with Crippen molar-refractivity contribution < 1.29 is 18.7 Å². The number of rotatable bonds is 7. The van der Waals surface area contributed by atoms with Gasteiger partial charge in [-0.1, -0.05) is 12.1 Å². The molecule has 146 valence electrons. The Morgan fingerprint density at radius 2 is 2.15 bits per heavy atom. The highest BCUT2D eigenvalue weighted by atomic mass is 32.1. The molecule has 2 heterocycles. The molecule has 1 atom stereocenters. The molecule has 0 radical (unpaired) electrons. The number of aromatic nitrogens is 2. The molecular formula is C19H25N3O4S. The van der Waals surface area contributed by atoms with Crippen LogP contribution in [0, 0.1) is 10.8 Å². The molecule has 0 bridgehead atoms. The topological polar surface area (TPSA) is 69.7 Å². The number of nitrogens with zero attached hydrogens (tertiary/aromatic N) is 3. The smallest absolute Gasteiger partial charge is 0.310 e. The van der Waals surface area contributed by atoms with Crippen molar-refractivity contribution in [3.8, 4) is 5.75 Å². The third-order valence-electron chi connectivity index (χ3n) is 4.62. The molecule has 1 aliphatic rings. The van der Waals surface area contributed by atoms with Crippen molar-refractivity contribution in [3.63, 3.8) is 0 Å². The van der Waals surface area contributed by atoms with E-state index in [0.717, 1.165) is 30.7 Å². The van der Waals surface area contributed by atoms with Gasteiger partial charge in [-0.25, -0.2) is 4.68 Å². The molecule has 27 heavy (non-hydrogen) atoms. The molecule has 1 saturated heterocycles. The molecule has 0 saturated carbocycles. The van der Waals surface area contributed by atoms with E-state index in [2.05, 4.69) is 10.00 Å². The maximum Gasteiger partial charge on any atom is 0.310 e. The number of piperidine rings is 1. The van der Waals surface area contributed by atoms with Crippen LogP contribution in [-0.4, -0.2) is 47.5 Å². The van der Waals surface area contributed by atoms with Gasteiger partial charge in [0.05, 0.1) is 32.7 Å². The summed E-state index contributed by atoms with van der Waals surface area (Å²) in [6.07, 6.45) is 2.38. The first-order valence-electron chi connectivity index (χ1n) is 9.17. The lowest BCUT2D eigenvalue weighted by Gasteiger charge is -2.30. The van der Waals surface area contributed by atoms with Gasteiger partial charge in [0.2, 0.25) is 5.89 Å². The van der Waals surface area contributed by atoms with Crippen LogP contribution in [-0.2, 0) is 22.6 Å². The first kappa shape index (κ1) is 19.6. The third kappa shape index (κ3) is 5.17. The molecular weight excluding hydrogens is 366 g/mol. The zero-order valence-corrected chi connectivity index (χ0v) is 16.5. The Hall–Kier alpha value is -2.19. The molecule has 1 fully saturated rings. The largest absolute Gasteiger partial charge is 0.497 e. The molecule has 1 aromatic heterocycles. The fourth-order valence-electron chi connectivity index (χ4n) is 3.25. The Morgan fingerprint density at radius 3 is 2.85 bits per heavy atom. The van der Waals surface area contributed by atoms with Crippen LogP contribution < -0.4 is 4.74 Å². The van der Waals surface area contributed by atoms with E-state index in [-0.39, 0.29) is 11.9 Å². The van der Waals surface area contributed by atoms with E-state index < -0.39 is 0 Å². The summed E-state index contributed by atoms with van der Waals surface area (Å²) in [7, 11) is 1.64. The first-order valence-corrected chi connectivity index (χ1v) is 9.58. The van der Waals surface area contributed by atoms with Crippen molar-refractivity contribution in [1.29, 1.82) is 0 Å². The van der Waals surface area contributed by atoms with Crippen LogP contribution in [0.5, 0.6) is 5.75 Å². The molecule has 1 aliphatic heterocycles. The Balaban J connectivity index is 1.62. The lowest BCUT2D eigenvalue weighted by molar-refractivity contribution is -0.150. The number of hydrogen-bond acceptors (Lipinski definition) is 7. The van der Waals surface area contributed by atoms with Crippen LogP contribution in [0.15, 0.2) is 28.7 Å². The minimum absolute atomic E-state index is 0.0847. The molecule has 3 rings (SSSR count). The van der Waals surface area contributed by atoms with Gasteiger partial charge in [0.15, 0.2) is 0 Å². The Morgan fingerprint density at radius 1 is 1.37 bits per heavy atom. The van der Waals surface area contributed by atoms with Gasteiger partial charge in [0.25, 0.3) is 4.84 Å². The lowest BCUT2D eigenvalue weighted by atomic mass is 9.99. The van der Waals surface area contributed by atoms with E-state index in [4.69, 9.17) is 26.1 Å². The van der Waals surface area contributed by atoms with Crippen LogP contribution in [0.4, 0.5) is 0 Å². The standard InChI is InChI=1S/C19H25N3O4S/c1-3-25-18(23)15-5-4-10-21(12-15)13-22-19(27)26-17(20-22)11-14-6-8-16(24-2)9-7-14/h6-9,15H,3-5,10-13H2,1-2H3/t15-/m0/s1. The minimum atomic E-state index is -0.119. The summed E-state index contributed by atoms with van der Waals surface area (Å²) < 4.78 is 17.7. The summed E-state index contributed by atoms with van der Waals surface area (Å²) in [5, 5.41) is 4.50. The summed E-state index contributed by atoms with van der Waals surface area (Å²) in [4.78, 5) is 14.5. The van der Waals surface area contributed by atoms with Gasteiger partial charge in [0.1, 0.15) is 5.75 Å². The maximum absolute atomic E-state index is 12.0. The first-order chi connectivity index (χ1) is 13.1. The second kappa shape index (κ2) is 9.14. The van der Waals surface area contributed by atoms with Gasteiger partial charge in [-0.3, -0.25) is 9.69 Å². The van der Waals surface area contributed by atoms with E-state index >= 15 is 0 Å². The number of benzene rings is 1. The number of carbonyl (C=O) groups excluding carboxylic acids is 1. The predicted molar refractivity (Wildman–Crippen MR) is 102 cm³/mol. The molecule has 0 unspecified atom stereocenters.